The largest absolute Gasteiger partial charge is 0.506 e. The minimum atomic E-state index is -1.44. The molecule has 0 fully saturated rings. The fourth-order valence-electron chi connectivity index (χ4n) is 0.805. The monoisotopic (exact) mass is 192 g/mol. The minimum absolute atomic E-state index is 0.254. The molecule has 0 aliphatic heterocycles. The van der Waals surface area contributed by atoms with E-state index in [0.717, 1.165) is 0 Å². The topological polar surface area (TPSA) is 93.1 Å². The third-order valence-corrected chi connectivity index (χ3v) is 1.27. The van der Waals surface area contributed by atoms with Gasteiger partial charge in [0, 0.05) is 0 Å². The second-order valence-electron chi connectivity index (χ2n) is 2.37. The van der Waals surface area contributed by atoms with Crippen LogP contribution in [-0.2, 0) is 9.47 Å². The number of hydrogen-bond donors (Lipinski definition) is 2. The lowest BCUT2D eigenvalue weighted by atomic mass is 10.2. The first-order chi connectivity index (χ1) is 6.06. The van der Waals surface area contributed by atoms with Crippen LogP contribution in [0.3, 0.4) is 0 Å². The molecule has 0 radical (unpaired) electrons. The van der Waals surface area contributed by atoms with Gasteiger partial charge in [-0.2, -0.15) is 0 Å². The zero-order valence-electron chi connectivity index (χ0n) is 7.23. The average molecular weight is 192 g/mol. The van der Waals surface area contributed by atoms with Crippen molar-refractivity contribution < 1.29 is 29.3 Å². The summed E-state index contributed by atoms with van der Waals surface area (Å²) in [6.07, 6.45) is -2.43. The Balaban J connectivity index is 3.79. The number of carbonyl (C=O) groups is 2. The smallest absolute Gasteiger partial charge is 0.450 e. The summed E-state index contributed by atoms with van der Waals surface area (Å²) in [5, 5.41) is 16.4. The third-order valence-electron chi connectivity index (χ3n) is 1.27. The van der Waals surface area contributed by atoms with E-state index in [0.29, 0.717) is 12.8 Å². The Morgan fingerprint density at radius 1 is 1.31 bits per heavy atom. The normalized spacial score (nSPS) is 11.8. The Hall–Kier alpha value is -1.46. The summed E-state index contributed by atoms with van der Waals surface area (Å²) in [4.78, 5) is 20.1. The van der Waals surface area contributed by atoms with Crippen LogP contribution >= 0.6 is 0 Å². The lowest BCUT2D eigenvalue weighted by Crippen LogP contribution is -2.23. The van der Waals surface area contributed by atoms with Gasteiger partial charge in [0.25, 0.3) is 0 Å². The molecule has 6 nitrogen and oxygen atoms in total. The molecule has 6 heteroatoms. The highest BCUT2D eigenvalue weighted by molar-refractivity contribution is 5.58. The highest BCUT2D eigenvalue weighted by atomic mass is 16.7. The first-order valence-electron chi connectivity index (χ1n) is 3.81. The first kappa shape index (κ1) is 11.5. The van der Waals surface area contributed by atoms with E-state index in [1.807, 2.05) is 6.92 Å². The van der Waals surface area contributed by atoms with Crippen LogP contribution in [0.2, 0.25) is 0 Å². The first-order valence-corrected chi connectivity index (χ1v) is 3.81. The minimum Gasteiger partial charge on any atom is -0.450 e. The molecule has 0 aliphatic carbocycles. The van der Waals surface area contributed by atoms with E-state index in [1.165, 1.54) is 0 Å². The summed E-state index contributed by atoms with van der Waals surface area (Å²) in [5.41, 5.74) is 0. The molecule has 0 aliphatic rings. The quantitative estimate of drug-likeness (QED) is 0.642. The van der Waals surface area contributed by atoms with Gasteiger partial charge in [-0.05, 0) is 6.42 Å². The molecule has 0 aromatic rings. The van der Waals surface area contributed by atoms with Crippen molar-refractivity contribution in [2.75, 3.05) is 6.61 Å². The second-order valence-corrected chi connectivity index (χ2v) is 2.37. The summed E-state index contributed by atoms with van der Waals surface area (Å²) in [5.74, 6) is 0. The van der Waals surface area contributed by atoms with E-state index in [2.05, 4.69) is 9.47 Å². The molecule has 0 rings (SSSR count). The molecule has 0 saturated carbocycles. The van der Waals surface area contributed by atoms with Crippen molar-refractivity contribution in [2.45, 2.75) is 25.9 Å². The van der Waals surface area contributed by atoms with Gasteiger partial charge >= 0.3 is 12.3 Å². The van der Waals surface area contributed by atoms with Crippen LogP contribution in [0.1, 0.15) is 19.8 Å². The number of carboxylic acid groups (broad SMARTS) is 2. The maximum atomic E-state index is 10.1. The predicted molar refractivity (Wildman–Crippen MR) is 41.8 cm³/mol. The van der Waals surface area contributed by atoms with Gasteiger partial charge in [0.05, 0.1) is 0 Å². The van der Waals surface area contributed by atoms with Crippen LogP contribution in [0.15, 0.2) is 0 Å². The van der Waals surface area contributed by atoms with E-state index < -0.39 is 18.4 Å². The highest BCUT2D eigenvalue weighted by Gasteiger charge is 2.14. The number of rotatable bonds is 5. The van der Waals surface area contributed by atoms with Crippen molar-refractivity contribution in [2.24, 2.45) is 0 Å². The molecule has 0 aromatic heterocycles. The van der Waals surface area contributed by atoms with Crippen molar-refractivity contribution in [3.63, 3.8) is 0 Å². The molecule has 0 bridgehead atoms. The van der Waals surface area contributed by atoms with Gasteiger partial charge in [-0.25, -0.2) is 9.59 Å². The van der Waals surface area contributed by atoms with Crippen LogP contribution < -0.4 is 0 Å². The zero-order chi connectivity index (χ0) is 10.3. The highest BCUT2D eigenvalue weighted by Crippen LogP contribution is 2.03. The maximum Gasteiger partial charge on any atom is 0.506 e. The molecule has 76 valence electrons. The van der Waals surface area contributed by atoms with Gasteiger partial charge in [-0.1, -0.05) is 13.3 Å². The molecule has 2 N–H and O–H groups in total. The molecule has 0 heterocycles. The molecule has 1 unspecified atom stereocenters. The van der Waals surface area contributed by atoms with Crippen molar-refractivity contribution in [3.05, 3.63) is 0 Å². The average Bonchev–Trinajstić information content (AvgIpc) is 1.99. The molecule has 0 saturated heterocycles. The van der Waals surface area contributed by atoms with E-state index in [4.69, 9.17) is 10.2 Å². The van der Waals surface area contributed by atoms with Crippen molar-refractivity contribution >= 4 is 12.3 Å². The molecule has 13 heavy (non-hydrogen) atoms. The SMILES string of the molecule is CCCC(COC(=O)O)OC(=O)O. The maximum absolute atomic E-state index is 10.1. The molecular formula is C7H12O6. The summed E-state index contributed by atoms with van der Waals surface area (Å²) >= 11 is 0. The Morgan fingerprint density at radius 3 is 2.31 bits per heavy atom. The van der Waals surface area contributed by atoms with Crippen LogP contribution in [-0.4, -0.2) is 35.2 Å². The Bertz CT molecular complexity index is 178. The summed E-state index contributed by atoms with van der Waals surface area (Å²) < 4.78 is 8.56. The van der Waals surface area contributed by atoms with Crippen LogP contribution in [0.5, 0.6) is 0 Å². The Kier molecular flexibility index (Phi) is 5.42. The fourth-order valence-corrected chi connectivity index (χ4v) is 0.805. The molecular weight excluding hydrogens is 180 g/mol. The lowest BCUT2D eigenvalue weighted by Gasteiger charge is -2.13. The van der Waals surface area contributed by atoms with Crippen LogP contribution in [0.25, 0.3) is 0 Å². The van der Waals surface area contributed by atoms with Gasteiger partial charge in [-0.3, -0.25) is 0 Å². The standard InChI is InChI=1S/C7H12O6/c1-2-3-5(13-7(10)11)4-12-6(8)9/h5H,2-4H2,1H3,(H,8,9)(H,10,11). The Labute approximate surface area is 75.1 Å². The molecule has 1 atom stereocenters. The second kappa shape index (κ2) is 6.10. The van der Waals surface area contributed by atoms with Gasteiger partial charge in [0.2, 0.25) is 0 Å². The third kappa shape index (κ3) is 6.92. The lowest BCUT2D eigenvalue weighted by molar-refractivity contribution is 0.00170. The molecule has 0 aromatic carbocycles. The van der Waals surface area contributed by atoms with E-state index in [1.54, 1.807) is 0 Å². The van der Waals surface area contributed by atoms with Crippen molar-refractivity contribution in [1.29, 1.82) is 0 Å². The van der Waals surface area contributed by atoms with Crippen molar-refractivity contribution in [1.82, 2.24) is 0 Å². The van der Waals surface area contributed by atoms with Crippen LogP contribution in [0, 0.1) is 0 Å². The predicted octanol–water partition coefficient (Wildman–Crippen LogP) is 1.54. The van der Waals surface area contributed by atoms with E-state index in [9.17, 15) is 9.59 Å². The summed E-state index contributed by atoms with van der Waals surface area (Å²) in [7, 11) is 0. The van der Waals surface area contributed by atoms with E-state index >= 15 is 0 Å². The van der Waals surface area contributed by atoms with Gasteiger partial charge in [-0.15, -0.1) is 0 Å². The van der Waals surface area contributed by atoms with Crippen LogP contribution in [0.4, 0.5) is 9.59 Å². The Morgan fingerprint density at radius 2 is 1.92 bits per heavy atom. The summed E-state index contributed by atoms with van der Waals surface area (Å²) in [6, 6.07) is 0. The van der Waals surface area contributed by atoms with Gasteiger partial charge < -0.3 is 19.7 Å². The van der Waals surface area contributed by atoms with Gasteiger partial charge in [0.15, 0.2) is 0 Å². The number of hydrogen-bond acceptors (Lipinski definition) is 4. The zero-order valence-corrected chi connectivity index (χ0v) is 7.23. The fraction of sp³-hybridized carbons (Fsp3) is 0.714. The molecule has 0 amide bonds. The molecule has 0 spiro atoms. The summed E-state index contributed by atoms with van der Waals surface area (Å²) in [6.45, 7) is 1.58. The van der Waals surface area contributed by atoms with E-state index in [-0.39, 0.29) is 6.61 Å². The van der Waals surface area contributed by atoms with Gasteiger partial charge in [0.1, 0.15) is 12.7 Å². The number of ether oxygens (including phenoxy) is 2. The van der Waals surface area contributed by atoms with Crippen molar-refractivity contribution in [3.8, 4) is 0 Å².